The van der Waals surface area contributed by atoms with E-state index in [1.54, 1.807) is 23.1 Å². The minimum atomic E-state index is -3.49. The van der Waals surface area contributed by atoms with Gasteiger partial charge in [-0.2, -0.15) is 4.31 Å². The van der Waals surface area contributed by atoms with Gasteiger partial charge in [-0.25, -0.2) is 13.4 Å². The summed E-state index contributed by atoms with van der Waals surface area (Å²) in [5.74, 6) is -0.334. The third-order valence-corrected chi connectivity index (χ3v) is 8.57. The predicted molar refractivity (Wildman–Crippen MR) is 116 cm³/mol. The van der Waals surface area contributed by atoms with Crippen LogP contribution in [-0.2, 0) is 19.6 Å². The van der Waals surface area contributed by atoms with E-state index in [1.165, 1.54) is 15.6 Å². The van der Waals surface area contributed by atoms with E-state index in [4.69, 9.17) is 0 Å². The first-order valence-electron chi connectivity index (χ1n) is 10.4. The summed E-state index contributed by atoms with van der Waals surface area (Å²) in [4.78, 5) is 31.1. The van der Waals surface area contributed by atoms with Crippen LogP contribution in [0.15, 0.2) is 23.1 Å². The largest absolute Gasteiger partial charge is 0.342 e. The normalized spacial score (nSPS) is 20.6. The van der Waals surface area contributed by atoms with Crippen molar-refractivity contribution in [1.82, 2.24) is 14.2 Å². The van der Waals surface area contributed by atoms with Crippen molar-refractivity contribution >= 4 is 48.5 Å². The molecule has 3 heterocycles. The first-order valence-corrected chi connectivity index (χ1v) is 12.6. The Morgan fingerprint density at radius 2 is 1.97 bits per heavy atom. The number of carbonyl (C=O) groups is 2. The van der Waals surface area contributed by atoms with Crippen LogP contribution in [0.3, 0.4) is 0 Å². The highest BCUT2D eigenvalue weighted by Gasteiger charge is 2.29. The van der Waals surface area contributed by atoms with Crippen LogP contribution in [-0.4, -0.2) is 60.6 Å². The fraction of sp³-hybridized carbons (Fsp3) is 0.550. The van der Waals surface area contributed by atoms with Gasteiger partial charge in [-0.3, -0.25) is 9.59 Å². The number of sulfonamides is 1. The number of thiazole rings is 1. The van der Waals surface area contributed by atoms with Gasteiger partial charge in [0.2, 0.25) is 21.8 Å². The average molecular weight is 451 g/mol. The van der Waals surface area contributed by atoms with Crippen molar-refractivity contribution in [2.75, 3.05) is 31.5 Å². The van der Waals surface area contributed by atoms with E-state index in [1.807, 2.05) is 6.92 Å². The summed E-state index contributed by atoms with van der Waals surface area (Å²) in [5, 5.41) is 3.31. The highest BCUT2D eigenvalue weighted by atomic mass is 32.2. The fourth-order valence-electron chi connectivity index (χ4n) is 4.05. The predicted octanol–water partition coefficient (Wildman–Crippen LogP) is 2.67. The molecule has 2 fully saturated rings. The lowest BCUT2D eigenvalue weighted by molar-refractivity contribution is -0.134. The number of nitrogens with one attached hydrogen (secondary N) is 1. The van der Waals surface area contributed by atoms with Crippen LogP contribution in [0, 0.1) is 5.92 Å². The average Bonchev–Trinajstić information content (AvgIpc) is 3.42. The Morgan fingerprint density at radius 3 is 2.70 bits per heavy atom. The van der Waals surface area contributed by atoms with Crippen molar-refractivity contribution in [2.45, 2.75) is 43.9 Å². The maximum atomic E-state index is 12.8. The highest BCUT2D eigenvalue weighted by molar-refractivity contribution is 7.89. The van der Waals surface area contributed by atoms with Gasteiger partial charge in [0.05, 0.1) is 21.0 Å². The molecule has 0 spiro atoms. The number of benzene rings is 1. The Balaban J connectivity index is 1.48. The Labute approximate surface area is 180 Å². The number of likely N-dealkylation sites (tertiary alicyclic amines) is 1. The van der Waals surface area contributed by atoms with Gasteiger partial charge in [0.25, 0.3) is 0 Å². The number of hydrogen-bond donors (Lipinski definition) is 1. The molecular formula is C20H26N4O4S2. The van der Waals surface area contributed by atoms with Crippen LogP contribution in [0.25, 0.3) is 10.2 Å². The van der Waals surface area contributed by atoms with Crippen molar-refractivity contribution in [2.24, 2.45) is 5.92 Å². The molecule has 2 aromatic rings. The lowest BCUT2D eigenvalue weighted by atomic mass is 9.97. The summed E-state index contributed by atoms with van der Waals surface area (Å²) in [6.07, 6.45) is 3.76. The van der Waals surface area contributed by atoms with Crippen LogP contribution < -0.4 is 5.32 Å². The van der Waals surface area contributed by atoms with Gasteiger partial charge in [-0.15, -0.1) is 0 Å². The topological polar surface area (TPSA) is 99.7 Å². The van der Waals surface area contributed by atoms with E-state index in [0.717, 1.165) is 30.4 Å². The summed E-state index contributed by atoms with van der Waals surface area (Å²) in [5.41, 5.74) is 0.655. The molecule has 2 aliphatic rings. The SMILES string of the molecule is CCC(=O)N1CCCC(C(=O)Nc2nc3ccc(S(=O)(=O)N4CCCC4)cc3s2)C1. The van der Waals surface area contributed by atoms with Crippen molar-refractivity contribution in [3.8, 4) is 0 Å². The standard InChI is InChI=1S/C20H26N4O4S2/c1-2-18(25)23-9-5-6-14(13-23)19(26)22-20-21-16-8-7-15(12-17(16)29-20)30(27,28)24-10-3-4-11-24/h7-8,12,14H,2-6,9-11,13H2,1H3,(H,21,22,26). The third-order valence-electron chi connectivity index (χ3n) is 5.74. The Kier molecular flexibility index (Phi) is 6.08. The first kappa shape index (κ1) is 21.2. The van der Waals surface area contributed by atoms with Crippen molar-refractivity contribution in [3.05, 3.63) is 18.2 Å². The van der Waals surface area contributed by atoms with Gasteiger partial charge >= 0.3 is 0 Å². The lowest BCUT2D eigenvalue weighted by Crippen LogP contribution is -2.43. The van der Waals surface area contributed by atoms with E-state index >= 15 is 0 Å². The molecule has 0 bridgehead atoms. The van der Waals surface area contributed by atoms with E-state index < -0.39 is 10.0 Å². The molecule has 30 heavy (non-hydrogen) atoms. The monoisotopic (exact) mass is 450 g/mol. The van der Waals surface area contributed by atoms with Crippen molar-refractivity contribution in [1.29, 1.82) is 0 Å². The van der Waals surface area contributed by atoms with Crippen LogP contribution in [0.4, 0.5) is 5.13 Å². The minimum Gasteiger partial charge on any atom is -0.342 e. The molecule has 1 N–H and O–H groups in total. The Hall–Kier alpha value is -2.04. The minimum absolute atomic E-state index is 0.0687. The van der Waals surface area contributed by atoms with E-state index in [9.17, 15) is 18.0 Å². The van der Waals surface area contributed by atoms with E-state index in [-0.39, 0.29) is 22.6 Å². The molecule has 0 saturated carbocycles. The van der Waals surface area contributed by atoms with Gasteiger partial charge in [-0.1, -0.05) is 18.3 Å². The molecule has 10 heteroatoms. The van der Waals surface area contributed by atoms with Crippen LogP contribution in [0.5, 0.6) is 0 Å². The third kappa shape index (κ3) is 4.21. The van der Waals surface area contributed by atoms with Gasteiger partial charge in [0.15, 0.2) is 5.13 Å². The van der Waals surface area contributed by atoms with Crippen molar-refractivity contribution in [3.63, 3.8) is 0 Å². The second kappa shape index (κ2) is 8.60. The molecular weight excluding hydrogens is 424 g/mol. The second-order valence-electron chi connectivity index (χ2n) is 7.78. The molecule has 1 aromatic heterocycles. The summed E-state index contributed by atoms with van der Waals surface area (Å²) in [6.45, 7) is 4.07. The van der Waals surface area contributed by atoms with Crippen LogP contribution in [0.1, 0.15) is 39.0 Å². The Morgan fingerprint density at radius 1 is 1.20 bits per heavy atom. The molecule has 162 valence electrons. The number of rotatable bonds is 5. The second-order valence-corrected chi connectivity index (χ2v) is 10.8. The first-order chi connectivity index (χ1) is 14.4. The molecule has 2 saturated heterocycles. The summed E-state index contributed by atoms with van der Waals surface area (Å²) < 4.78 is 27.8. The number of anilines is 1. The Bertz CT molecular complexity index is 1060. The maximum Gasteiger partial charge on any atom is 0.243 e. The molecule has 1 atom stereocenters. The summed E-state index contributed by atoms with van der Waals surface area (Å²) in [7, 11) is -3.49. The number of aromatic nitrogens is 1. The van der Waals surface area contributed by atoms with Crippen LogP contribution >= 0.6 is 11.3 Å². The number of carbonyl (C=O) groups excluding carboxylic acids is 2. The van der Waals surface area contributed by atoms with Gasteiger partial charge in [0, 0.05) is 32.6 Å². The zero-order valence-corrected chi connectivity index (χ0v) is 18.6. The molecule has 2 amide bonds. The number of amides is 2. The van der Waals surface area contributed by atoms with Crippen molar-refractivity contribution < 1.29 is 18.0 Å². The molecule has 1 unspecified atom stereocenters. The number of hydrogen-bond acceptors (Lipinski definition) is 6. The maximum absolute atomic E-state index is 12.8. The zero-order valence-electron chi connectivity index (χ0n) is 17.0. The summed E-state index contributed by atoms with van der Waals surface area (Å²) >= 11 is 1.27. The molecule has 0 radical (unpaired) electrons. The molecule has 2 aliphatic heterocycles. The zero-order chi connectivity index (χ0) is 21.3. The van der Waals surface area contributed by atoms with Crippen LogP contribution in [0.2, 0.25) is 0 Å². The summed E-state index contributed by atoms with van der Waals surface area (Å²) in [6, 6.07) is 4.90. The van der Waals surface area contributed by atoms with Gasteiger partial charge < -0.3 is 10.2 Å². The fourth-order valence-corrected chi connectivity index (χ4v) is 6.57. The lowest BCUT2D eigenvalue weighted by Gasteiger charge is -2.31. The molecule has 1 aromatic carbocycles. The molecule has 0 aliphatic carbocycles. The van der Waals surface area contributed by atoms with Gasteiger partial charge in [0.1, 0.15) is 0 Å². The van der Waals surface area contributed by atoms with E-state index in [2.05, 4.69) is 10.3 Å². The number of piperidine rings is 1. The quantitative estimate of drug-likeness (QED) is 0.755. The molecule has 8 nitrogen and oxygen atoms in total. The number of fused-ring (bicyclic) bond motifs is 1. The molecule has 4 rings (SSSR count). The smallest absolute Gasteiger partial charge is 0.243 e. The van der Waals surface area contributed by atoms with Gasteiger partial charge in [-0.05, 0) is 43.9 Å². The van der Waals surface area contributed by atoms with E-state index in [0.29, 0.717) is 43.2 Å². The number of nitrogens with zero attached hydrogens (tertiary/aromatic N) is 3. The highest BCUT2D eigenvalue weighted by Crippen LogP contribution is 2.31.